The molecule has 15 nitrogen and oxygen atoms in total. The maximum Gasteiger partial charge on any atom is 0.407 e. The third-order valence-electron chi connectivity index (χ3n) is 6.09. The molecule has 0 saturated carbocycles. The van der Waals surface area contributed by atoms with E-state index >= 15 is 0 Å². The molecule has 256 valence electrons. The van der Waals surface area contributed by atoms with Crippen LogP contribution < -0.4 is 5.32 Å². The van der Waals surface area contributed by atoms with Crippen molar-refractivity contribution in [3.05, 3.63) is 35.9 Å². The van der Waals surface area contributed by atoms with Crippen molar-refractivity contribution >= 4 is 70.7 Å². The van der Waals surface area contributed by atoms with E-state index in [9.17, 15) is 28.8 Å². The fourth-order valence-corrected chi connectivity index (χ4v) is 4.58. The Hall–Kier alpha value is -3.37. The first-order chi connectivity index (χ1) is 21.5. The van der Waals surface area contributed by atoms with Gasteiger partial charge in [0.2, 0.25) is 3.79 Å². The molecule has 1 aliphatic heterocycles. The molecular weight excluding hydrogens is 681 g/mol. The summed E-state index contributed by atoms with van der Waals surface area (Å²) in [6.07, 6.45) is -8.41. The molecule has 1 heterocycles. The number of rotatable bonds is 13. The number of halogens is 3. The van der Waals surface area contributed by atoms with Crippen LogP contribution in [0.3, 0.4) is 0 Å². The third-order valence-corrected chi connectivity index (χ3v) is 6.42. The molecule has 0 unspecified atom stereocenters. The number of hydrogen-bond donors (Lipinski definition) is 1. The number of benzene rings is 1. The first-order valence-electron chi connectivity index (χ1n) is 13.6. The number of ether oxygens (including phenoxy) is 8. The highest BCUT2D eigenvalue weighted by atomic mass is 35.6. The predicted octanol–water partition coefficient (Wildman–Crippen LogP) is 2.68. The summed E-state index contributed by atoms with van der Waals surface area (Å²) in [6.45, 7) is 2.53. The van der Waals surface area contributed by atoms with Crippen molar-refractivity contribution in [2.24, 2.45) is 0 Å². The summed E-state index contributed by atoms with van der Waals surface area (Å²) in [4.78, 5) is 74.8. The molecular formula is C28H34Cl3NO14. The fraction of sp³-hybridized carbons (Fsp3) is 0.571. The van der Waals surface area contributed by atoms with Gasteiger partial charge in [-0.05, 0) is 5.56 Å². The van der Waals surface area contributed by atoms with Gasteiger partial charge in [0.15, 0.2) is 12.2 Å². The number of alkyl halides is 3. The van der Waals surface area contributed by atoms with E-state index in [1.165, 1.54) is 0 Å². The maximum atomic E-state index is 13.4. The lowest BCUT2D eigenvalue weighted by Gasteiger charge is -2.48. The van der Waals surface area contributed by atoms with Gasteiger partial charge in [0.1, 0.15) is 25.4 Å². The van der Waals surface area contributed by atoms with E-state index in [4.69, 9.17) is 72.7 Å². The summed E-state index contributed by atoms with van der Waals surface area (Å²) in [6, 6.07) is 7.03. The van der Waals surface area contributed by atoms with Gasteiger partial charge >= 0.3 is 35.9 Å². The smallest absolute Gasteiger partial charge is 0.407 e. The molecule has 0 spiro atoms. The first-order valence-corrected chi connectivity index (χ1v) is 14.7. The van der Waals surface area contributed by atoms with Gasteiger partial charge in [-0.15, -0.1) is 0 Å². The Kier molecular flexibility index (Phi) is 14.8. The minimum absolute atomic E-state index is 0.238. The molecule has 0 radical (unpaired) electrons. The van der Waals surface area contributed by atoms with E-state index in [2.05, 4.69) is 5.32 Å². The summed E-state index contributed by atoms with van der Waals surface area (Å²) in [5, 5.41) is 2.41. The van der Waals surface area contributed by atoms with Gasteiger partial charge in [-0.2, -0.15) is 0 Å². The monoisotopic (exact) mass is 713 g/mol. The van der Waals surface area contributed by atoms with Gasteiger partial charge in [-0.1, -0.05) is 65.1 Å². The van der Waals surface area contributed by atoms with Crippen molar-refractivity contribution in [1.82, 2.24) is 5.32 Å². The average molecular weight is 715 g/mol. The van der Waals surface area contributed by atoms with Gasteiger partial charge in [0.25, 0.3) is 5.79 Å². The lowest BCUT2D eigenvalue weighted by molar-refractivity contribution is -0.317. The van der Waals surface area contributed by atoms with Crippen molar-refractivity contribution in [3.63, 3.8) is 0 Å². The number of methoxy groups -OCH3 is 1. The Bertz CT molecular complexity index is 1240. The lowest BCUT2D eigenvalue weighted by Crippen LogP contribution is -2.69. The first kappa shape index (κ1) is 38.8. The van der Waals surface area contributed by atoms with Crippen molar-refractivity contribution in [3.8, 4) is 0 Å². The molecule has 6 atom stereocenters. The number of carbonyl (C=O) groups excluding carboxylic acids is 6. The topological polar surface area (TPSA) is 188 Å². The van der Waals surface area contributed by atoms with E-state index in [-0.39, 0.29) is 6.61 Å². The van der Waals surface area contributed by atoms with E-state index in [1.54, 1.807) is 30.3 Å². The standard InChI is InChI=1S/C28H34Cl3NO14/c1-15(33)40-13-21(44-17(3)35)23(45-18(4)36)24-22(32-26(38)41-14-28(29,30)31)20(43-16(2)34)11-27(46-24,25(37)39-5)42-12-19-9-7-6-8-10-19/h6-10,20-24H,11-14H2,1-5H3,(H,32,38)/t20-,21+,22+,23+,24+,27-/m0/s1. The van der Waals surface area contributed by atoms with Gasteiger partial charge in [0.05, 0.1) is 26.2 Å². The zero-order valence-corrected chi connectivity index (χ0v) is 27.7. The molecule has 1 aliphatic rings. The van der Waals surface area contributed by atoms with Crippen LogP contribution in [0.5, 0.6) is 0 Å². The highest BCUT2D eigenvalue weighted by Gasteiger charge is 2.59. The largest absolute Gasteiger partial charge is 0.465 e. The third kappa shape index (κ3) is 12.4. The molecule has 18 heteroatoms. The maximum absolute atomic E-state index is 13.4. The molecule has 1 aromatic carbocycles. The molecule has 1 saturated heterocycles. The summed E-state index contributed by atoms with van der Waals surface area (Å²) in [5.41, 5.74) is 0.592. The van der Waals surface area contributed by atoms with Gasteiger partial charge in [-0.25, -0.2) is 9.59 Å². The number of alkyl carbamates (subject to hydrolysis) is 1. The van der Waals surface area contributed by atoms with Crippen molar-refractivity contribution in [2.45, 2.75) is 80.8 Å². The van der Waals surface area contributed by atoms with Crippen LogP contribution in [-0.4, -0.2) is 96.3 Å². The number of hydrogen-bond acceptors (Lipinski definition) is 14. The summed E-state index contributed by atoms with van der Waals surface area (Å²) in [7, 11) is 1.04. The zero-order valence-electron chi connectivity index (χ0n) is 25.5. The van der Waals surface area contributed by atoms with Crippen molar-refractivity contribution < 1.29 is 66.7 Å². The second-order valence-corrected chi connectivity index (χ2v) is 12.4. The summed E-state index contributed by atoms with van der Waals surface area (Å²) >= 11 is 17.1. The minimum Gasteiger partial charge on any atom is -0.465 e. The molecule has 1 fully saturated rings. The molecule has 1 aromatic rings. The second-order valence-electron chi connectivity index (χ2n) is 9.84. The quantitative estimate of drug-likeness (QED) is 0.178. The number of amides is 1. The normalized spacial score (nSPS) is 22.3. The Morgan fingerprint density at radius 3 is 2.09 bits per heavy atom. The molecule has 0 bridgehead atoms. The highest BCUT2D eigenvalue weighted by molar-refractivity contribution is 6.67. The van der Waals surface area contributed by atoms with Crippen molar-refractivity contribution in [1.29, 1.82) is 0 Å². The molecule has 46 heavy (non-hydrogen) atoms. The Morgan fingerprint density at radius 2 is 1.57 bits per heavy atom. The fourth-order valence-electron chi connectivity index (χ4n) is 4.41. The Labute approximate surface area is 279 Å². The SMILES string of the molecule is COC(=O)[C@]1(OCc2ccccc2)C[C@H](OC(C)=O)[C@@H](NC(=O)OCC(Cl)(Cl)Cl)[C@H]([C@H](OC(C)=O)[C@@H](COC(C)=O)OC(C)=O)O1. The van der Waals surface area contributed by atoms with Crippen LogP contribution >= 0.6 is 34.8 Å². The van der Waals surface area contributed by atoms with Gasteiger partial charge < -0.3 is 43.2 Å². The summed E-state index contributed by atoms with van der Waals surface area (Å²) < 4.78 is 41.5. The minimum atomic E-state index is -2.38. The number of esters is 5. The molecule has 0 aliphatic carbocycles. The van der Waals surface area contributed by atoms with Crippen LogP contribution in [0.4, 0.5) is 4.79 Å². The van der Waals surface area contributed by atoms with E-state index < -0.39 is 95.6 Å². The van der Waals surface area contributed by atoms with Crippen LogP contribution in [-0.2, 0) is 68.5 Å². The van der Waals surface area contributed by atoms with Crippen LogP contribution in [0, 0.1) is 0 Å². The molecule has 2 rings (SSSR count). The Balaban J connectivity index is 2.74. The van der Waals surface area contributed by atoms with Gasteiger partial charge in [0, 0.05) is 27.7 Å². The van der Waals surface area contributed by atoms with Crippen LogP contribution in [0.2, 0.25) is 0 Å². The Morgan fingerprint density at radius 1 is 0.935 bits per heavy atom. The average Bonchev–Trinajstić information content (AvgIpc) is 2.96. The van der Waals surface area contributed by atoms with E-state index in [0.29, 0.717) is 5.56 Å². The van der Waals surface area contributed by atoms with E-state index in [1.807, 2.05) is 0 Å². The van der Waals surface area contributed by atoms with Gasteiger partial charge in [-0.3, -0.25) is 19.2 Å². The lowest BCUT2D eigenvalue weighted by atomic mass is 9.88. The molecule has 1 amide bonds. The highest BCUT2D eigenvalue weighted by Crippen LogP contribution is 2.38. The van der Waals surface area contributed by atoms with Crippen LogP contribution in [0.25, 0.3) is 0 Å². The zero-order chi connectivity index (χ0) is 34.7. The van der Waals surface area contributed by atoms with Crippen LogP contribution in [0.1, 0.15) is 39.7 Å². The molecule has 1 N–H and O–H groups in total. The molecule has 0 aromatic heterocycles. The summed E-state index contributed by atoms with van der Waals surface area (Å²) in [5.74, 6) is -6.98. The van der Waals surface area contributed by atoms with Crippen LogP contribution in [0.15, 0.2) is 30.3 Å². The predicted molar refractivity (Wildman–Crippen MR) is 157 cm³/mol. The number of carbonyl (C=O) groups is 6. The van der Waals surface area contributed by atoms with E-state index in [0.717, 1.165) is 34.8 Å². The second kappa shape index (κ2) is 17.5. The van der Waals surface area contributed by atoms with Crippen molar-refractivity contribution in [2.75, 3.05) is 20.3 Å². The number of nitrogens with one attached hydrogen (secondary N) is 1.